The molecular weight excluding hydrogens is 215 g/mol. The van der Waals surface area contributed by atoms with Gasteiger partial charge in [0.05, 0.1) is 13.0 Å². The number of hydrogen-bond acceptors (Lipinski definition) is 4. The smallest absolute Gasteiger partial charge is 0.311 e. The number of nitrogens with zero attached hydrogens (tertiary/aromatic N) is 1. The van der Waals surface area contributed by atoms with Crippen molar-refractivity contribution in [3.8, 4) is 0 Å². The molecule has 0 radical (unpaired) electrons. The van der Waals surface area contributed by atoms with E-state index in [2.05, 4.69) is 4.74 Å². The van der Waals surface area contributed by atoms with E-state index in [-0.39, 0.29) is 42.7 Å². The minimum absolute atomic E-state index is 0. The Bertz CT molecular complexity index is 169. The van der Waals surface area contributed by atoms with Crippen LogP contribution in [-0.4, -0.2) is 44.2 Å². The number of likely N-dealkylation sites (tertiary alicyclic amines) is 1. The lowest BCUT2D eigenvalue weighted by atomic mass is 10.1. The number of carbonyl (C=O) groups excluding carboxylic acids is 1. The fourth-order valence-corrected chi connectivity index (χ4v) is 1.43. The van der Waals surface area contributed by atoms with Crippen molar-refractivity contribution in [2.45, 2.75) is 6.04 Å². The van der Waals surface area contributed by atoms with Crippen molar-refractivity contribution in [3.63, 3.8) is 0 Å². The minimum atomic E-state index is -0.193. The Morgan fingerprint density at radius 2 is 2.00 bits per heavy atom. The van der Waals surface area contributed by atoms with Crippen molar-refractivity contribution in [2.24, 2.45) is 11.7 Å². The highest BCUT2D eigenvalue weighted by atomic mass is 35.5. The van der Waals surface area contributed by atoms with Gasteiger partial charge in [0, 0.05) is 19.1 Å². The Balaban J connectivity index is 0. The van der Waals surface area contributed by atoms with Gasteiger partial charge in [-0.2, -0.15) is 0 Å². The number of esters is 1. The van der Waals surface area contributed by atoms with Gasteiger partial charge in [-0.05, 0) is 7.05 Å². The van der Waals surface area contributed by atoms with Gasteiger partial charge >= 0.3 is 5.97 Å². The quantitative estimate of drug-likeness (QED) is 0.640. The molecule has 0 spiro atoms. The number of methoxy groups -OCH3 is 1. The second kappa shape index (κ2) is 6.43. The molecular formula is C7H16Cl2N2O2. The van der Waals surface area contributed by atoms with E-state index < -0.39 is 0 Å². The van der Waals surface area contributed by atoms with Crippen molar-refractivity contribution in [2.75, 3.05) is 27.2 Å². The molecule has 0 aromatic heterocycles. The first kappa shape index (κ1) is 15.4. The van der Waals surface area contributed by atoms with Crippen LogP contribution in [0.2, 0.25) is 0 Å². The molecule has 1 fully saturated rings. The van der Waals surface area contributed by atoms with Crippen LogP contribution in [0.4, 0.5) is 0 Å². The standard InChI is InChI=1S/C7H14N2O2.2ClH/c1-9-3-5(6(8)4-9)7(10)11-2;;/h5-6H,3-4,8H2,1-2H3;2*1H/t5-,6+;;/m1../s1. The van der Waals surface area contributed by atoms with Gasteiger partial charge in [-0.1, -0.05) is 0 Å². The van der Waals surface area contributed by atoms with E-state index in [9.17, 15) is 4.79 Å². The summed E-state index contributed by atoms with van der Waals surface area (Å²) >= 11 is 0. The molecule has 1 rings (SSSR count). The summed E-state index contributed by atoms with van der Waals surface area (Å²) in [6, 6.07) is -0.0625. The molecule has 1 saturated heterocycles. The third kappa shape index (κ3) is 3.68. The van der Waals surface area contributed by atoms with Crippen LogP contribution >= 0.6 is 24.8 Å². The zero-order valence-electron chi connectivity index (χ0n) is 7.73. The Hall–Kier alpha value is -0.0300. The monoisotopic (exact) mass is 230 g/mol. The molecule has 13 heavy (non-hydrogen) atoms. The number of halogens is 2. The maximum Gasteiger partial charge on any atom is 0.311 e. The Morgan fingerprint density at radius 3 is 2.31 bits per heavy atom. The highest BCUT2D eigenvalue weighted by Gasteiger charge is 2.34. The van der Waals surface area contributed by atoms with Gasteiger partial charge in [0.1, 0.15) is 0 Å². The van der Waals surface area contributed by atoms with Crippen LogP contribution < -0.4 is 5.73 Å². The van der Waals surface area contributed by atoms with Crippen LogP contribution in [-0.2, 0) is 9.53 Å². The third-order valence-electron chi connectivity index (χ3n) is 2.05. The van der Waals surface area contributed by atoms with Crippen molar-refractivity contribution in [3.05, 3.63) is 0 Å². The Labute approximate surface area is 90.6 Å². The molecule has 0 saturated carbocycles. The predicted molar refractivity (Wildman–Crippen MR) is 55.5 cm³/mol. The van der Waals surface area contributed by atoms with Crippen LogP contribution in [0.1, 0.15) is 0 Å². The second-order valence-corrected chi connectivity index (χ2v) is 3.01. The largest absolute Gasteiger partial charge is 0.469 e. The molecule has 1 aliphatic heterocycles. The van der Waals surface area contributed by atoms with Gasteiger partial charge in [-0.15, -0.1) is 24.8 Å². The number of carbonyl (C=O) groups is 1. The first-order chi connectivity index (χ1) is 5.15. The first-order valence-electron chi connectivity index (χ1n) is 3.67. The van der Waals surface area contributed by atoms with Crippen LogP contribution in [0, 0.1) is 5.92 Å². The Morgan fingerprint density at radius 1 is 1.46 bits per heavy atom. The molecule has 0 unspecified atom stereocenters. The van der Waals surface area contributed by atoms with E-state index in [1.807, 2.05) is 11.9 Å². The van der Waals surface area contributed by atoms with E-state index in [1.54, 1.807) is 0 Å². The molecule has 1 heterocycles. The topological polar surface area (TPSA) is 55.6 Å². The molecule has 2 atom stereocenters. The molecule has 0 amide bonds. The lowest BCUT2D eigenvalue weighted by Crippen LogP contribution is -2.34. The lowest BCUT2D eigenvalue weighted by molar-refractivity contribution is -0.145. The number of rotatable bonds is 1. The molecule has 0 aromatic rings. The summed E-state index contributed by atoms with van der Waals surface area (Å²) in [5.41, 5.74) is 5.70. The predicted octanol–water partition coefficient (Wildman–Crippen LogP) is -0.108. The molecule has 6 heteroatoms. The molecule has 80 valence electrons. The minimum Gasteiger partial charge on any atom is -0.469 e. The zero-order valence-corrected chi connectivity index (χ0v) is 9.36. The second-order valence-electron chi connectivity index (χ2n) is 3.01. The molecule has 0 bridgehead atoms. The number of ether oxygens (including phenoxy) is 1. The molecule has 4 nitrogen and oxygen atoms in total. The van der Waals surface area contributed by atoms with E-state index in [4.69, 9.17) is 5.73 Å². The van der Waals surface area contributed by atoms with Gasteiger partial charge < -0.3 is 15.4 Å². The zero-order chi connectivity index (χ0) is 8.43. The van der Waals surface area contributed by atoms with Gasteiger partial charge in [-0.25, -0.2) is 0 Å². The fourth-order valence-electron chi connectivity index (χ4n) is 1.43. The maximum atomic E-state index is 11.0. The average Bonchev–Trinajstić information content (AvgIpc) is 2.28. The Kier molecular flexibility index (Phi) is 7.64. The van der Waals surface area contributed by atoms with E-state index in [0.717, 1.165) is 6.54 Å². The van der Waals surface area contributed by atoms with Crippen molar-refractivity contribution in [1.29, 1.82) is 0 Å². The van der Waals surface area contributed by atoms with Gasteiger partial charge in [0.2, 0.25) is 0 Å². The average molecular weight is 231 g/mol. The third-order valence-corrected chi connectivity index (χ3v) is 2.05. The van der Waals surface area contributed by atoms with E-state index in [1.165, 1.54) is 7.11 Å². The van der Waals surface area contributed by atoms with Crippen molar-refractivity contribution >= 4 is 30.8 Å². The molecule has 2 N–H and O–H groups in total. The van der Waals surface area contributed by atoms with E-state index >= 15 is 0 Å². The number of nitrogens with two attached hydrogens (primary N) is 1. The van der Waals surface area contributed by atoms with Crippen molar-refractivity contribution in [1.82, 2.24) is 4.90 Å². The van der Waals surface area contributed by atoms with Gasteiger partial charge in [0.15, 0.2) is 0 Å². The van der Waals surface area contributed by atoms with Crippen LogP contribution in [0.25, 0.3) is 0 Å². The highest BCUT2D eigenvalue weighted by molar-refractivity contribution is 5.85. The summed E-state index contributed by atoms with van der Waals surface area (Å²) in [5, 5.41) is 0. The summed E-state index contributed by atoms with van der Waals surface area (Å²) in [7, 11) is 3.34. The number of likely N-dealkylation sites (N-methyl/N-ethyl adjacent to an activating group) is 1. The SMILES string of the molecule is COC(=O)[C@@H]1CN(C)C[C@@H]1N.Cl.Cl. The molecule has 0 aromatic carbocycles. The van der Waals surface area contributed by atoms with Crippen molar-refractivity contribution < 1.29 is 9.53 Å². The van der Waals surface area contributed by atoms with E-state index in [0.29, 0.717) is 6.54 Å². The summed E-state index contributed by atoms with van der Waals surface area (Å²) in [6.45, 7) is 1.49. The molecule has 1 aliphatic rings. The number of hydrogen-bond donors (Lipinski definition) is 1. The normalized spacial score (nSPS) is 27.3. The van der Waals surface area contributed by atoms with Crippen LogP contribution in [0.5, 0.6) is 0 Å². The van der Waals surface area contributed by atoms with Crippen LogP contribution in [0.15, 0.2) is 0 Å². The lowest BCUT2D eigenvalue weighted by Gasteiger charge is -2.10. The summed E-state index contributed by atoms with van der Waals surface area (Å²) in [5.74, 6) is -0.327. The summed E-state index contributed by atoms with van der Waals surface area (Å²) < 4.78 is 4.61. The molecule has 0 aliphatic carbocycles. The highest BCUT2D eigenvalue weighted by Crippen LogP contribution is 2.14. The maximum absolute atomic E-state index is 11.0. The van der Waals surface area contributed by atoms with Crippen LogP contribution in [0.3, 0.4) is 0 Å². The summed E-state index contributed by atoms with van der Waals surface area (Å²) in [4.78, 5) is 13.1. The fraction of sp³-hybridized carbons (Fsp3) is 0.857. The van der Waals surface area contributed by atoms with Gasteiger partial charge in [0.25, 0.3) is 0 Å². The summed E-state index contributed by atoms with van der Waals surface area (Å²) in [6.07, 6.45) is 0. The first-order valence-corrected chi connectivity index (χ1v) is 3.67. The van der Waals surface area contributed by atoms with Gasteiger partial charge in [-0.3, -0.25) is 4.79 Å².